The Bertz CT molecular complexity index is 476. The third-order valence-electron chi connectivity index (χ3n) is 2.19. The highest BCUT2D eigenvalue weighted by atomic mass is 16.5. The Morgan fingerprint density at radius 1 is 0.789 bits per heavy atom. The summed E-state index contributed by atoms with van der Waals surface area (Å²) in [5, 5.41) is 0. The minimum atomic E-state index is 0.449. The molecular weight excluding hydrogens is 240 g/mol. The van der Waals surface area contributed by atoms with Crippen LogP contribution >= 0.6 is 0 Å². The number of aromatic nitrogens is 2. The number of nitrogens with zero attached hydrogens (tertiary/aromatic N) is 4. The van der Waals surface area contributed by atoms with Crippen LogP contribution in [0.2, 0.25) is 0 Å². The van der Waals surface area contributed by atoms with Gasteiger partial charge in [0, 0.05) is 37.2 Å². The molecule has 19 heavy (non-hydrogen) atoms. The van der Waals surface area contributed by atoms with Crippen LogP contribution in [0.1, 0.15) is 0 Å². The molecule has 0 aliphatic carbocycles. The third-order valence-corrected chi connectivity index (χ3v) is 2.19. The van der Waals surface area contributed by atoms with E-state index < -0.39 is 0 Å². The van der Waals surface area contributed by atoms with Gasteiger partial charge in [-0.05, 0) is 24.3 Å². The van der Waals surface area contributed by atoms with E-state index in [0.29, 0.717) is 13.2 Å². The Labute approximate surface area is 111 Å². The first-order valence-electron chi connectivity index (χ1n) is 5.88. The fraction of sp³-hybridized carbons (Fsp3) is 0.143. The maximum atomic E-state index is 5.35. The van der Waals surface area contributed by atoms with E-state index in [1.165, 1.54) is 0 Å². The van der Waals surface area contributed by atoms with Crippen LogP contribution in [-0.4, -0.2) is 35.6 Å². The largest absolute Gasteiger partial charge is 0.370 e. The van der Waals surface area contributed by atoms with Gasteiger partial charge in [-0.1, -0.05) is 0 Å². The molecule has 0 spiro atoms. The summed E-state index contributed by atoms with van der Waals surface area (Å²) in [6.07, 6.45) is 10.2. The van der Waals surface area contributed by atoms with Crippen molar-refractivity contribution in [3.05, 3.63) is 49.1 Å². The molecule has 2 aromatic heterocycles. The second-order valence-electron chi connectivity index (χ2n) is 3.57. The molecule has 0 radical (unpaired) electrons. The van der Waals surface area contributed by atoms with Crippen LogP contribution in [0.5, 0.6) is 0 Å². The minimum Gasteiger partial charge on any atom is -0.370 e. The molecule has 0 aliphatic rings. The predicted octanol–water partition coefficient (Wildman–Crippen LogP) is 2.60. The van der Waals surface area contributed by atoms with Gasteiger partial charge in [-0.25, -0.2) is 0 Å². The lowest BCUT2D eigenvalue weighted by atomic mass is 10.4. The topological polar surface area (TPSA) is 59.7 Å². The van der Waals surface area contributed by atoms with Gasteiger partial charge in [0.05, 0.1) is 24.6 Å². The monoisotopic (exact) mass is 254 g/mol. The summed E-state index contributed by atoms with van der Waals surface area (Å²) in [7, 11) is 0. The lowest BCUT2D eigenvalue weighted by Gasteiger charge is -1.95. The van der Waals surface area contributed by atoms with Crippen LogP contribution in [0.15, 0.2) is 59.0 Å². The van der Waals surface area contributed by atoms with Gasteiger partial charge < -0.3 is 4.74 Å². The highest BCUT2D eigenvalue weighted by molar-refractivity contribution is 5.66. The molecule has 2 heterocycles. The predicted molar refractivity (Wildman–Crippen MR) is 75.6 cm³/mol. The Kier molecular flexibility index (Phi) is 5.38. The number of ether oxygens (including phenoxy) is 1. The van der Waals surface area contributed by atoms with E-state index >= 15 is 0 Å². The summed E-state index contributed by atoms with van der Waals surface area (Å²) in [6, 6.07) is 7.34. The smallest absolute Gasteiger partial charge is 0.0824 e. The minimum absolute atomic E-state index is 0.449. The molecule has 0 N–H and O–H groups in total. The van der Waals surface area contributed by atoms with Gasteiger partial charge >= 0.3 is 0 Å². The molecule has 0 fully saturated rings. The van der Waals surface area contributed by atoms with E-state index in [-0.39, 0.29) is 0 Å². The molecule has 2 rings (SSSR count). The Morgan fingerprint density at radius 3 is 1.63 bits per heavy atom. The average Bonchev–Trinajstić information content (AvgIpc) is 2.48. The van der Waals surface area contributed by atoms with Crippen LogP contribution in [-0.2, 0) is 4.74 Å². The number of pyridine rings is 2. The lowest BCUT2D eigenvalue weighted by Crippen LogP contribution is -1.98. The Hall–Kier alpha value is -2.40. The van der Waals surface area contributed by atoms with Gasteiger partial charge in [-0.3, -0.25) is 20.0 Å². The molecule has 96 valence electrons. The van der Waals surface area contributed by atoms with E-state index in [1.807, 2.05) is 24.3 Å². The normalized spacial score (nSPS) is 11.4. The maximum absolute atomic E-state index is 5.35. The standard InChI is InChI=1S/C14H14N4O/c1-5-15-6-2-13(1)17-9-11-19-12-10-18-14-3-7-16-8-4-14/h1-10H,11-12H2. The second kappa shape index (κ2) is 7.84. The molecular formula is C14H14N4O. The fourth-order valence-electron chi connectivity index (χ4n) is 1.32. The van der Waals surface area contributed by atoms with Crippen LogP contribution in [0, 0.1) is 0 Å². The molecule has 0 saturated heterocycles. The van der Waals surface area contributed by atoms with Crippen molar-refractivity contribution < 1.29 is 4.74 Å². The molecule has 0 atom stereocenters. The zero-order chi connectivity index (χ0) is 13.2. The molecule has 0 amide bonds. The van der Waals surface area contributed by atoms with Crippen LogP contribution in [0.4, 0.5) is 11.4 Å². The van der Waals surface area contributed by atoms with E-state index in [2.05, 4.69) is 20.0 Å². The van der Waals surface area contributed by atoms with Crippen molar-refractivity contribution in [1.29, 1.82) is 0 Å². The number of aliphatic imine (C=N–C) groups is 2. The van der Waals surface area contributed by atoms with Crippen LogP contribution in [0.25, 0.3) is 0 Å². The van der Waals surface area contributed by atoms with E-state index in [9.17, 15) is 0 Å². The maximum Gasteiger partial charge on any atom is 0.0824 e. The van der Waals surface area contributed by atoms with Gasteiger partial charge in [-0.2, -0.15) is 0 Å². The van der Waals surface area contributed by atoms with Crippen molar-refractivity contribution in [2.75, 3.05) is 13.2 Å². The van der Waals surface area contributed by atoms with Gasteiger partial charge in [0.15, 0.2) is 0 Å². The van der Waals surface area contributed by atoms with E-state index in [1.54, 1.807) is 37.2 Å². The molecule has 0 saturated carbocycles. The van der Waals surface area contributed by atoms with Crippen LogP contribution < -0.4 is 0 Å². The summed E-state index contributed by atoms with van der Waals surface area (Å²) >= 11 is 0. The van der Waals surface area contributed by atoms with Crippen molar-refractivity contribution in [3.8, 4) is 0 Å². The summed E-state index contributed by atoms with van der Waals surface area (Å²) in [4.78, 5) is 16.3. The first kappa shape index (κ1) is 13.0. The van der Waals surface area contributed by atoms with Crippen molar-refractivity contribution in [2.24, 2.45) is 9.98 Å². The summed E-state index contributed by atoms with van der Waals surface area (Å²) in [5.41, 5.74) is 1.73. The molecule has 2 aromatic rings. The molecule has 0 bridgehead atoms. The highest BCUT2D eigenvalue weighted by Gasteiger charge is 1.86. The van der Waals surface area contributed by atoms with Crippen molar-refractivity contribution in [3.63, 3.8) is 0 Å². The first-order chi connectivity index (χ1) is 9.45. The number of hydrogen-bond donors (Lipinski definition) is 0. The molecule has 0 aromatic carbocycles. The zero-order valence-corrected chi connectivity index (χ0v) is 10.4. The lowest BCUT2D eigenvalue weighted by molar-refractivity contribution is 0.220. The van der Waals surface area contributed by atoms with E-state index in [4.69, 9.17) is 4.74 Å². The first-order valence-corrected chi connectivity index (χ1v) is 5.88. The van der Waals surface area contributed by atoms with Crippen molar-refractivity contribution >= 4 is 23.8 Å². The van der Waals surface area contributed by atoms with E-state index in [0.717, 1.165) is 11.4 Å². The average molecular weight is 254 g/mol. The molecule has 0 aliphatic heterocycles. The molecule has 5 heteroatoms. The van der Waals surface area contributed by atoms with Crippen molar-refractivity contribution in [1.82, 2.24) is 9.97 Å². The van der Waals surface area contributed by atoms with Gasteiger partial charge in [-0.15, -0.1) is 0 Å². The summed E-state index contributed by atoms with van der Waals surface area (Å²) in [5.74, 6) is 0. The SMILES string of the molecule is C(COCC=Nc1ccncc1)=Nc1ccncc1. The number of hydrogen-bond acceptors (Lipinski definition) is 5. The molecule has 5 nitrogen and oxygen atoms in total. The fourth-order valence-corrected chi connectivity index (χ4v) is 1.32. The quantitative estimate of drug-likeness (QED) is 0.588. The van der Waals surface area contributed by atoms with Crippen molar-refractivity contribution in [2.45, 2.75) is 0 Å². The molecule has 0 unspecified atom stereocenters. The Morgan fingerprint density at radius 2 is 1.21 bits per heavy atom. The van der Waals surface area contributed by atoms with Crippen LogP contribution in [0.3, 0.4) is 0 Å². The highest BCUT2D eigenvalue weighted by Crippen LogP contribution is 2.07. The third kappa shape index (κ3) is 5.18. The summed E-state index contributed by atoms with van der Waals surface area (Å²) in [6.45, 7) is 0.898. The van der Waals surface area contributed by atoms with Gasteiger partial charge in [0.2, 0.25) is 0 Å². The van der Waals surface area contributed by atoms with Gasteiger partial charge in [0.25, 0.3) is 0 Å². The van der Waals surface area contributed by atoms with Gasteiger partial charge in [0.1, 0.15) is 0 Å². The Balaban J connectivity index is 1.65. The number of rotatable bonds is 6. The second-order valence-corrected chi connectivity index (χ2v) is 3.57. The summed E-state index contributed by atoms with van der Waals surface area (Å²) < 4.78 is 5.35. The zero-order valence-electron chi connectivity index (χ0n) is 10.4.